The van der Waals surface area contributed by atoms with Crippen molar-refractivity contribution in [1.82, 2.24) is 4.90 Å². The molecule has 17 heavy (non-hydrogen) atoms. The molecular formula is C12H17FN2O2. The molecule has 0 aliphatic carbocycles. The lowest BCUT2D eigenvalue weighted by atomic mass is 10.2. The molecule has 1 aromatic rings. The first-order valence-corrected chi connectivity index (χ1v) is 5.43. The molecule has 0 bridgehead atoms. The van der Waals surface area contributed by atoms with Crippen LogP contribution in [0.5, 0.6) is 0 Å². The number of ether oxygens (including phenoxy) is 1. The summed E-state index contributed by atoms with van der Waals surface area (Å²) in [6.45, 7) is 1.67. The van der Waals surface area contributed by atoms with Crippen LogP contribution >= 0.6 is 0 Å². The highest BCUT2D eigenvalue weighted by molar-refractivity contribution is 5.94. The van der Waals surface area contributed by atoms with Gasteiger partial charge < -0.3 is 15.4 Å². The molecule has 0 unspecified atom stereocenters. The predicted octanol–water partition coefficient (Wildman–Crippen LogP) is 0.873. The van der Waals surface area contributed by atoms with Gasteiger partial charge in [-0.15, -0.1) is 0 Å². The Balaban J connectivity index is 2.76. The third-order valence-electron chi connectivity index (χ3n) is 2.32. The number of hydrogen-bond acceptors (Lipinski definition) is 3. The predicted molar refractivity (Wildman–Crippen MR) is 63.2 cm³/mol. The zero-order valence-corrected chi connectivity index (χ0v) is 9.86. The summed E-state index contributed by atoms with van der Waals surface area (Å²) >= 11 is 0. The van der Waals surface area contributed by atoms with E-state index in [4.69, 9.17) is 10.5 Å². The van der Waals surface area contributed by atoms with Crippen molar-refractivity contribution >= 4 is 5.91 Å². The van der Waals surface area contributed by atoms with Crippen LogP contribution in [-0.2, 0) is 4.74 Å². The number of nitrogens with zero attached hydrogens (tertiary/aromatic N) is 1. The van der Waals surface area contributed by atoms with Gasteiger partial charge in [0.25, 0.3) is 5.91 Å². The Morgan fingerprint density at radius 3 is 2.82 bits per heavy atom. The fourth-order valence-electron chi connectivity index (χ4n) is 1.48. The molecule has 5 heteroatoms. The van der Waals surface area contributed by atoms with E-state index < -0.39 is 5.82 Å². The van der Waals surface area contributed by atoms with Crippen LogP contribution in [0.1, 0.15) is 10.4 Å². The summed E-state index contributed by atoms with van der Waals surface area (Å²) in [6, 6.07) is 5.62. The van der Waals surface area contributed by atoms with E-state index in [1.807, 2.05) is 0 Å². The summed E-state index contributed by atoms with van der Waals surface area (Å²) in [6.07, 6.45) is 0. The largest absolute Gasteiger partial charge is 0.383 e. The second kappa shape index (κ2) is 6.98. The topological polar surface area (TPSA) is 55.6 Å². The van der Waals surface area contributed by atoms with E-state index in [2.05, 4.69) is 0 Å². The Morgan fingerprint density at radius 1 is 1.47 bits per heavy atom. The summed E-state index contributed by atoms with van der Waals surface area (Å²) < 4.78 is 17.9. The Labute approximate surface area is 100 Å². The molecule has 0 fully saturated rings. The summed E-state index contributed by atoms with van der Waals surface area (Å²) in [5.41, 5.74) is 5.77. The van der Waals surface area contributed by atoms with E-state index in [0.29, 0.717) is 31.8 Å². The van der Waals surface area contributed by atoms with Crippen molar-refractivity contribution in [2.24, 2.45) is 5.73 Å². The van der Waals surface area contributed by atoms with Gasteiger partial charge in [-0.25, -0.2) is 4.39 Å². The van der Waals surface area contributed by atoms with E-state index in [0.717, 1.165) is 0 Å². The Morgan fingerprint density at radius 2 is 2.24 bits per heavy atom. The Kier molecular flexibility index (Phi) is 5.59. The Hall–Kier alpha value is -1.46. The SMILES string of the molecule is COCCN(CCN)C(=O)c1cccc(F)c1. The molecule has 0 atom stereocenters. The molecule has 0 heterocycles. The number of nitrogens with two attached hydrogens (primary N) is 1. The lowest BCUT2D eigenvalue weighted by Gasteiger charge is -2.21. The van der Waals surface area contributed by atoms with Crippen LogP contribution in [0.25, 0.3) is 0 Å². The van der Waals surface area contributed by atoms with E-state index in [1.54, 1.807) is 18.1 Å². The van der Waals surface area contributed by atoms with Gasteiger partial charge in [-0.05, 0) is 18.2 Å². The molecule has 0 aromatic heterocycles. The van der Waals surface area contributed by atoms with Crippen molar-refractivity contribution in [1.29, 1.82) is 0 Å². The summed E-state index contributed by atoms with van der Waals surface area (Å²) in [4.78, 5) is 13.6. The highest BCUT2D eigenvalue weighted by Gasteiger charge is 2.14. The maximum atomic E-state index is 13.0. The number of amides is 1. The molecule has 0 aliphatic rings. The molecule has 0 saturated carbocycles. The molecule has 2 N–H and O–H groups in total. The number of rotatable bonds is 6. The van der Waals surface area contributed by atoms with Gasteiger partial charge in [0, 0.05) is 32.3 Å². The van der Waals surface area contributed by atoms with Crippen molar-refractivity contribution in [2.45, 2.75) is 0 Å². The number of hydrogen-bond donors (Lipinski definition) is 1. The van der Waals surface area contributed by atoms with Gasteiger partial charge in [0.2, 0.25) is 0 Å². The lowest BCUT2D eigenvalue weighted by Crippen LogP contribution is -2.37. The number of methoxy groups -OCH3 is 1. The average Bonchev–Trinajstić information content (AvgIpc) is 2.33. The first-order chi connectivity index (χ1) is 8.19. The molecule has 0 saturated heterocycles. The van der Waals surface area contributed by atoms with Crippen molar-refractivity contribution in [3.63, 3.8) is 0 Å². The normalized spacial score (nSPS) is 10.3. The third-order valence-corrected chi connectivity index (χ3v) is 2.32. The van der Waals surface area contributed by atoms with E-state index in [-0.39, 0.29) is 5.91 Å². The van der Waals surface area contributed by atoms with E-state index in [1.165, 1.54) is 18.2 Å². The Bertz CT molecular complexity index is 371. The molecule has 1 amide bonds. The van der Waals surface area contributed by atoms with E-state index >= 15 is 0 Å². The van der Waals surface area contributed by atoms with Crippen molar-refractivity contribution < 1.29 is 13.9 Å². The maximum absolute atomic E-state index is 13.0. The van der Waals surface area contributed by atoms with Crippen LogP contribution in [0.15, 0.2) is 24.3 Å². The van der Waals surface area contributed by atoms with Gasteiger partial charge in [0.05, 0.1) is 6.61 Å². The summed E-state index contributed by atoms with van der Waals surface area (Å²) in [5, 5.41) is 0. The molecule has 1 rings (SSSR count). The first kappa shape index (κ1) is 13.6. The van der Waals surface area contributed by atoms with Crippen molar-refractivity contribution in [3.8, 4) is 0 Å². The minimum Gasteiger partial charge on any atom is -0.383 e. The fraction of sp³-hybridized carbons (Fsp3) is 0.417. The van der Waals surface area contributed by atoms with Crippen LogP contribution in [0.2, 0.25) is 0 Å². The highest BCUT2D eigenvalue weighted by atomic mass is 19.1. The van der Waals surface area contributed by atoms with Gasteiger partial charge in [0.1, 0.15) is 5.82 Å². The second-order valence-electron chi connectivity index (χ2n) is 3.58. The molecule has 0 aliphatic heterocycles. The van der Waals surface area contributed by atoms with Gasteiger partial charge in [0.15, 0.2) is 0 Å². The van der Waals surface area contributed by atoms with Crippen LogP contribution in [0.4, 0.5) is 4.39 Å². The van der Waals surface area contributed by atoms with E-state index in [9.17, 15) is 9.18 Å². The number of carbonyl (C=O) groups excluding carboxylic acids is 1. The fourth-order valence-corrected chi connectivity index (χ4v) is 1.48. The zero-order valence-electron chi connectivity index (χ0n) is 9.86. The van der Waals surface area contributed by atoms with Crippen LogP contribution in [0, 0.1) is 5.82 Å². The maximum Gasteiger partial charge on any atom is 0.254 e. The molecule has 1 aromatic carbocycles. The molecular weight excluding hydrogens is 223 g/mol. The quantitative estimate of drug-likeness (QED) is 0.802. The second-order valence-corrected chi connectivity index (χ2v) is 3.58. The van der Waals surface area contributed by atoms with Crippen LogP contribution in [-0.4, -0.2) is 44.2 Å². The van der Waals surface area contributed by atoms with Crippen LogP contribution in [0.3, 0.4) is 0 Å². The molecule has 0 radical (unpaired) electrons. The van der Waals surface area contributed by atoms with Gasteiger partial charge >= 0.3 is 0 Å². The first-order valence-electron chi connectivity index (χ1n) is 5.43. The van der Waals surface area contributed by atoms with Crippen molar-refractivity contribution in [3.05, 3.63) is 35.6 Å². The smallest absolute Gasteiger partial charge is 0.254 e. The van der Waals surface area contributed by atoms with Crippen molar-refractivity contribution in [2.75, 3.05) is 33.4 Å². The van der Waals surface area contributed by atoms with Gasteiger partial charge in [-0.3, -0.25) is 4.79 Å². The average molecular weight is 240 g/mol. The third kappa shape index (κ3) is 4.13. The molecule has 0 spiro atoms. The minimum atomic E-state index is -0.421. The molecule has 94 valence electrons. The highest BCUT2D eigenvalue weighted by Crippen LogP contribution is 2.07. The van der Waals surface area contributed by atoms with Gasteiger partial charge in [-0.2, -0.15) is 0 Å². The standard InChI is InChI=1S/C12H17FN2O2/c1-17-8-7-15(6-5-14)12(16)10-3-2-4-11(13)9-10/h2-4,9H,5-8,14H2,1H3. The zero-order chi connectivity index (χ0) is 12.7. The monoisotopic (exact) mass is 240 g/mol. The number of benzene rings is 1. The minimum absolute atomic E-state index is 0.230. The summed E-state index contributed by atoms with van der Waals surface area (Å²) in [7, 11) is 1.56. The lowest BCUT2D eigenvalue weighted by molar-refractivity contribution is 0.0701. The number of halogens is 1. The number of carbonyl (C=O) groups is 1. The van der Waals surface area contributed by atoms with Gasteiger partial charge in [-0.1, -0.05) is 6.07 Å². The summed E-state index contributed by atoms with van der Waals surface area (Å²) in [5.74, 6) is -0.651. The molecule has 4 nitrogen and oxygen atoms in total. The van der Waals surface area contributed by atoms with Crippen LogP contribution < -0.4 is 5.73 Å².